The van der Waals surface area contributed by atoms with E-state index in [1.807, 2.05) is 37.4 Å². The van der Waals surface area contributed by atoms with Gasteiger partial charge in [0, 0.05) is 43.1 Å². The molecule has 0 saturated carbocycles. The maximum atomic E-state index is 13.7. The molecule has 5 rings (SSSR count). The number of hydrogen-bond acceptors (Lipinski definition) is 3. The van der Waals surface area contributed by atoms with Gasteiger partial charge in [-0.15, -0.1) is 0 Å². The number of likely N-dealkylation sites (tertiary alicyclic amines) is 1. The Morgan fingerprint density at radius 2 is 2.00 bits per heavy atom. The summed E-state index contributed by atoms with van der Waals surface area (Å²) in [6.07, 6.45) is -0.764. The highest BCUT2D eigenvalue weighted by molar-refractivity contribution is 5.98. The van der Waals surface area contributed by atoms with Crippen LogP contribution in [0.1, 0.15) is 23.7 Å². The predicted octanol–water partition coefficient (Wildman–Crippen LogP) is 3.73. The van der Waals surface area contributed by atoms with Crippen molar-refractivity contribution in [3.05, 3.63) is 54.1 Å². The van der Waals surface area contributed by atoms with E-state index in [9.17, 15) is 9.18 Å². The van der Waals surface area contributed by atoms with E-state index >= 15 is 0 Å². The topological polar surface area (TPSA) is 69.1 Å². The molecule has 31 heavy (non-hydrogen) atoms. The average Bonchev–Trinajstić information content (AvgIpc) is 3.32. The van der Waals surface area contributed by atoms with Crippen molar-refractivity contribution >= 4 is 27.8 Å². The van der Waals surface area contributed by atoms with E-state index in [-0.39, 0.29) is 18.9 Å². The van der Waals surface area contributed by atoms with E-state index in [0.717, 1.165) is 29.1 Å². The predicted molar refractivity (Wildman–Crippen MR) is 121 cm³/mol. The highest BCUT2D eigenvalue weighted by Gasteiger charge is 2.29. The second-order valence-corrected chi connectivity index (χ2v) is 8.25. The second-order valence-electron chi connectivity index (χ2n) is 8.25. The third-order valence-electron chi connectivity index (χ3n) is 6.34. The van der Waals surface area contributed by atoms with Crippen molar-refractivity contribution in [3.8, 4) is 11.5 Å². The van der Waals surface area contributed by atoms with E-state index in [0.29, 0.717) is 12.1 Å². The molecule has 0 spiro atoms. The number of piperidine rings is 1. The number of halogens is 1. The number of para-hydroxylation sites is 1. The number of carbonyl (C=O) groups excluding carboxylic acids is 1. The number of carbonyl (C=O) groups is 1. The zero-order valence-electron chi connectivity index (χ0n) is 17.8. The Hall–Kier alpha value is -3.19. The maximum absolute atomic E-state index is 13.7. The van der Waals surface area contributed by atoms with Crippen LogP contribution in [0.3, 0.4) is 0 Å². The first-order valence-corrected chi connectivity index (χ1v) is 10.7. The van der Waals surface area contributed by atoms with Crippen LogP contribution >= 0.6 is 0 Å². The fourth-order valence-electron chi connectivity index (χ4n) is 4.62. The summed E-state index contributed by atoms with van der Waals surface area (Å²) in [7, 11) is 1.99. The molecule has 2 aromatic heterocycles. The van der Waals surface area contributed by atoms with Gasteiger partial charge in [0.1, 0.15) is 6.17 Å². The third-order valence-corrected chi connectivity index (χ3v) is 6.34. The largest absolute Gasteiger partial charge is 0.338 e. The molecule has 7 heteroatoms. The van der Waals surface area contributed by atoms with E-state index < -0.39 is 12.2 Å². The molecule has 1 fully saturated rings. The van der Waals surface area contributed by atoms with Crippen LogP contribution in [0.5, 0.6) is 0 Å². The SMILES string of the molecule is CCn1c(-c2nc3cc(C(=O)N4CC[C@H](F)[C@H](N)C4)ccc3n2C)cc2ccccc21. The van der Waals surface area contributed by atoms with Crippen molar-refractivity contribution in [2.45, 2.75) is 32.1 Å². The first-order chi connectivity index (χ1) is 15.0. The van der Waals surface area contributed by atoms with E-state index in [1.165, 1.54) is 10.9 Å². The number of imidazole rings is 1. The molecule has 2 N–H and O–H groups in total. The quantitative estimate of drug-likeness (QED) is 0.550. The summed E-state index contributed by atoms with van der Waals surface area (Å²) >= 11 is 0. The van der Waals surface area contributed by atoms with Crippen LogP contribution < -0.4 is 5.73 Å². The summed E-state index contributed by atoms with van der Waals surface area (Å²) < 4.78 is 18.0. The van der Waals surface area contributed by atoms with Gasteiger partial charge in [0.05, 0.1) is 22.8 Å². The lowest BCUT2D eigenvalue weighted by Crippen LogP contribution is -2.51. The summed E-state index contributed by atoms with van der Waals surface area (Å²) in [5, 5.41) is 1.18. The van der Waals surface area contributed by atoms with Crippen molar-refractivity contribution in [2.24, 2.45) is 12.8 Å². The molecule has 1 amide bonds. The fraction of sp³-hybridized carbons (Fsp3) is 0.333. The Morgan fingerprint density at radius 1 is 1.19 bits per heavy atom. The van der Waals surface area contributed by atoms with Crippen molar-refractivity contribution in [2.75, 3.05) is 13.1 Å². The van der Waals surface area contributed by atoms with Crippen LogP contribution in [0.15, 0.2) is 48.5 Å². The van der Waals surface area contributed by atoms with Crippen LogP contribution in [-0.2, 0) is 13.6 Å². The molecule has 1 aliphatic rings. The Morgan fingerprint density at radius 3 is 2.77 bits per heavy atom. The molecule has 1 aliphatic heterocycles. The zero-order valence-corrected chi connectivity index (χ0v) is 17.8. The second kappa shape index (κ2) is 7.50. The molecule has 2 aromatic carbocycles. The molecule has 3 heterocycles. The van der Waals surface area contributed by atoms with Gasteiger partial charge in [-0.25, -0.2) is 9.37 Å². The molecule has 1 saturated heterocycles. The molecular weight excluding hydrogens is 393 g/mol. The summed E-state index contributed by atoms with van der Waals surface area (Å²) in [6.45, 7) is 3.58. The smallest absolute Gasteiger partial charge is 0.253 e. The highest BCUT2D eigenvalue weighted by atomic mass is 19.1. The summed E-state index contributed by atoms with van der Waals surface area (Å²) in [4.78, 5) is 19.5. The number of alkyl halides is 1. The molecule has 2 atom stereocenters. The van der Waals surface area contributed by atoms with Crippen molar-refractivity contribution < 1.29 is 9.18 Å². The monoisotopic (exact) mass is 419 g/mol. The summed E-state index contributed by atoms with van der Waals surface area (Å²) in [5.74, 6) is 0.733. The summed E-state index contributed by atoms with van der Waals surface area (Å²) in [5.41, 5.74) is 10.3. The molecule has 4 aromatic rings. The van der Waals surface area contributed by atoms with E-state index in [1.54, 1.807) is 4.90 Å². The Kier molecular flexibility index (Phi) is 4.78. The van der Waals surface area contributed by atoms with Crippen LogP contribution in [0.25, 0.3) is 33.5 Å². The summed E-state index contributed by atoms with van der Waals surface area (Å²) in [6, 6.07) is 15.4. The number of benzene rings is 2. The number of rotatable bonds is 3. The minimum atomic E-state index is -1.05. The molecule has 160 valence electrons. The van der Waals surface area contributed by atoms with Crippen molar-refractivity contribution in [1.29, 1.82) is 0 Å². The van der Waals surface area contributed by atoms with Crippen LogP contribution in [0.2, 0.25) is 0 Å². The fourth-order valence-corrected chi connectivity index (χ4v) is 4.62. The Balaban J connectivity index is 1.54. The maximum Gasteiger partial charge on any atom is 0.253 e. The third kappa shape index (κ3) is 3.20. The molecule has 0 bridgehead atoms. The minimum absolute atomic E-state index is 0.126. The number of aryl methyl sites for hydroxylation is 2. The number of aromatic nitrogens is 3. The van der Waals surface area contributed by atoms with Gasteiger partial charge in [0.15, 0.2) is 5.82 Å². The number of nitrogens with two attached hydrogens (primary N) is 1. The lowest BCUT2D eigenvalue weighted by molar-refractivity contribution is 0.0630. The normalized spacial score (nSPS) is 19.4. The first kappa shape index (κ1) is 19.8. The molecule has 0 radical (unpaired) electrons. The van der Waals surface area contributed by atoms with Gasteiger partial charge in [0.2, 0.25) is 0 Å². The molecule has 6 nitrogen and oxygen atoms in total. The molecule has 0 aliphatic carbocycles. The molecular formula is C24H26FN5O. The van der Waals surface area contributed by atoms with Gasteiger partial charge in [-0.05, 0) is 43.7 Å². The van der Waals surface area contributed by atoms with Gasteiger partial charge in [-0.3, -0.25) is 4.79 Å². The standard InChI is InChI=1S/C24H26FN5O/c1-3-30-20-7-5-4-6-15(20)13-22(30)23-27-19-12-16(8-9-21(19)28(23)2)24(31)29-11-10-17(25)18(26)14-29/h4-9,12-13,17-18H,3,10-11,14,26H2,1-2H3/t17-,18+/m0/s1. The van der Waals surface area contributed by atoms with Gasteiger partial charge >= 0.3 is 0 Å². The lowest BCUT2D eigenvalue weighted by Gasteiger charge is -2.33. The van der Waals surface area contributed by atoms with Crippen LogP contribution in [0, 0.1) is 0 Å². The van der Waals surface area contributed by atoms with E-state index in [2.05, 4.69) is 34.3 Å². The van der Waals surface area contributed by atoms with E-state index in [4.69, 9.17) is 10.7 Å². The number of fused-ring (bicyclic) bond motifs is 2. The molecule has 0 unspecified atom stereocenters. The number of amides is 1. The van der Waals surface area contributed by atoms with Gasteiger partial charge < -0.3 is 19.8 Å². The van der Waals surface area contributed by atoms with Crippen LogP contribution in [0.4, 0.5) is 4.39 Å². The van der Waals surface area contributed by atoms with Crippen molar-refractivity contribution in [3.63, 3.8) is 0 Å². The van der Waals surface area contributed by atoms with Crippen LogP contribution in [-0.4, -0.2) is 50.2 Å². The number of nitrogens with zero attached hydrogens (tertiary/aromatic N) is 4. The zero-order chi connectivity index (χ0) is 21.7. The van der Waals surface area contributed by atoms with Gasteiger partial charge in [-0.1, -0.05) is 18.2 Å². The Bertz CT molecular complexity index is 1290. The minimum Gasteiger partial charge on any atom is -0.338 e. The van der Waals surface area contributed by atoms with Gasteiger partial charge in [-0.2, -0.15) is 0 Å². The first-order valence-electron chi connectivity index (χ1n) is 10.7. The highest BCUT2D eigenvalue weighted by Crippen LogP contribution is 2.30. The number of hydrogen-bond donors (Lipinski definition) is 1. The average molecular weight is 420 g/mol. The lowest BCUT2D eigenvalue weighted by atomic mass is 10.0. The van der Waals surface area contributed by atoms with Gasteiger partial charge in [0.25, 0.3) is 5.91 Å². The Labute approximate surface area is 180 Å². The van der Waals surface area contributed by atoms with Crippen molar-refractivity contribution in [1.82, 2.24) is 19.0 Å².